The average molecular weight is 532 g/mol. The molecule has 0 aromatic carbocycles. The zero-order valence-electron chi connectivity index (χ0n) is 25.3. The number of allylic oxidation sites excluding steroid dienone is 4. The number of rotatable bonds is 1. The zero-order chi connectivity index (χ0) is 29.0. The number of carbonyl (C=O) groups excluding carboxylic acids is 3. The lowest BCUT2D eigenvalue weighted by atomic mass is 9.35. The topological polar surface area (TPSA) is 70.8 Å². The molecule has 0 heterocycles. The van der Waals surface area contributed by atoms with Crippen molar-refractivity contribution in [1.82, 2.24) is 10.2 Å². The predicted molar refractivity (Wildman–Crippen MR) is 152 cm³/mol. The van der Waals surface area contributed by atoms with Gasteiger partial charge in [0.05, 0.1) is 12.5 Å². The van der Waals surface area contributed by atoms with Crippen molar-refractivity contribution in [1.29, 1.82) is 0 Å². The van der Waals surface area contributed by atoms with E-state index in [1.807, 2.05) is 26.0 Å². The number of hydrogen-bond donors (Lipinski definition) is 1. The summed E-state index contributed by atoms with van der Waals surface area (Å²) in [6.07, 6.45) is 9.76. The SMILES string of the molecule is [C-]#[N+]C1=C[C@]2(C)C3=CC(=O)[C]4[C]5CC(C)(C)CC[C@]5(NC(=O)N(C)C)CC[C@@]4(C)[C@]3(C)CC[C@H]2C(C)(C)C1=O. The van der Waals surface area contributed by atoms with Gasteiger partial charge in [-0.2, -0.15) is 0 Å². The van der Waals surface area contributed by atoms with Crippen LogP contribution in [0.4, 0.5) is 4.79 Å². The third-order valence-electron chi connectivity index (χ3n) is 11.9. The van der Waals surface area contributed by atoms with Gasteiger partial charge >= 0.3 is 6.03 Å². The first-order valence-corrected chi connectivity index (χ1v) is 14.5. The molecule has 6 heteroatoms. The minimum atomic E-state index is -0.667. The first-order valence-electron chi connectivity index (χ1n) is 14.5. The molecular weight excluding hydrogens is 486 g/mol. The van der Waals surface area contributed by atoms with Gasteiger partial charge in [0.1, 0.15) is 0 Å². The van der Waals surface area contributed by atoms with Crippen molar-refractivity contribution >= 4 is 17.6 Å². The van der Waals surface area contributed by atoms with Crippen LogP contribution in [0.2, 0.25) is 0 Å². The lowest BCUT2D eigenvalue weighted by Gasteiger charge is -2.69. The molecule has 210 valence electrons. The summed E-state index contributed by atoms with van der Waals surface area (Å²) >= 11 is 0. The molecule has 2 amide bonds. The standard InChI is InChI=1S/C33H45N3O3/c1-28(2)13-15-33(35-27(39)36(9)10)16-14-32(7)25(20(33)18-28)22(37)17-24-30(5)19-21(34-8)26(38)29(3,4)23(30)11-12-31(24,32)6/h17,19,23H,11-16,18H2,1-7,9-10H3,(H,35,39)/t23-,30-,31+,32+,33-/m0/s1. The minimum Gasteiger partial charge on any atom is -0.332 e. The number of hydrogen-bond acceptors (Lipinski definition) is 3. The maximum Gasteiger partial charge on any atom is 0.317 e. The highest BCUT2D eigenvalue weighted by Gasteiger charge is 2.70. The molecule has 0 aromatic rings. The van der Waals surface area contributed by atoms with E-state index >= 15 is 0 Å². The van der Waals surface area contributed by atoms with Gasteiger partial charge in [-0.15, -0.1) is 0 Å². The molecule has 5 rings (SSSR count). The maximum atomic E-state index is 14.4. The fraction of sp³-hybridized carbons (Fsp3) is 0.697. The van der Waals surface area contributed by atoms with E-state index in [2.05, 4.69) is 44.8 Å². The Kier molecular flexibility index (Phi) is 5.99. The quantitative estimate of drug-likeness (QED) is 0.393. The van der Waals surface area contributed by atoms with Crippen LogP contribution in [0, 0.1) is 51.4 Å². The van der Waals surface area contributed by atoms with Crippen LogP contribution in [0.3, 0.4) is 0 Å². The van der Waals surface area contributed by atoms with Crippen LogP contribution in [0.25, 0.3) is 4.85 Å². The second-order valence-electron chi connectivity index (χ2n) is 15.3. The average Bonchev–Trinajstić information content (AvgIpc) is 2.83. The number of amides is 2. The molecular formula is C33H45N3O3. The Bertz CT molecular complexity index is 1250. The second kappa shape index (κ2) is 8.30. The van der Waals surface area contributed by atoms with E-state index in [0.717, 1.165) is 62.4 Å². The van der Waals surface area contributed by atoms with Gasteiger partial charge in [0.2, 0.25) is 5.70 Å². The maximum absolute atomic E-state index is 14.4. The first-order chi connectivity index (χ1) is 17.9. The summed E-state index contributed by atoms with van der Waals surface area (Å²) < 4.78 is 0. The summed E-state index contributed by atoms with van der Waals surface area (Å²) in [5, 5.41) is 3.38. The third-order valence-corrected chi connectivity index (χ3v) is 11.9. The van der Waals surface area contributed by atoms with E-state index in [9.17, 15) is 14.4 Å². The zero-order valence-corrected chi connectivity index (χ0v) is 25.3. The van der Waals surface area contributed by atoms with E-state index in [0.29, 0.717) is 0 Å². The molecule has 3 fully saturated rings. The molecule has 3 saturated carbocycles. The van der Waals surface area contributed by atoms with Crippen molar-refractivity contribution in [3.05, 3.63) is 46.7 Å². The highest BCUT2D eigenvalue weighted by Crippen LogP contribution is 2.74. The normalized spacial score (nSPS) is 41.1. The predicted octanol–water partition coefficient (Wildman–Crippen LogP) is 6.50. The van der Waals surface area contributed by atoms with Crippen molar-refractivity contribution in [3.63, 3.8) is 0 Å². The lowest BCUT2D eigenvalue weighted by Crippen LogP contribution is -2.68. The Morgan fingerprint density at radius 1 is 0.974 bits per heavy atom. The van der Waals surface area contributed by atoms with E-state index in [1.165, 1.54) is 0 Å². The van der Waals surface area contributed by atoms with Gasteiger partial charge < -0.3 is 15.0 Å². The van der Waals surface area contributed by atoms with Crippen molar-refractivity contribution in [3.8, 4) is 0 Å². The van der Waals surface area contributed by atoms with E-state index in [4.69, 9.17) is 6.57 Å². The Balaban J connectivity index is 1.67. The van der Waals surface area contributed by atoms with E-state index in [-0.39, 0.29) is 40.0 Å². The van der Waals surface area contributed by atoms with Crippen LogP contribution in [0.5, 0.6) is 0 Å². The number of ketones is 2. The number of nitrogens with one attached hydrogen (secondary N) is 1. The minimum absolute atomic E-state index is 0.0311. The summed E-state index contributed by atoms with van der Waals surface area (Å²) in [7, 11) is 3.53. The van der Waals surface area contributed by atoms with Crippen LogP contribution < -0.4 is 5.32 Å². The van der Waals surface area contributed by atoms with Gasteiger partial charge in [-0.25, -0.2) is 9.64 Å². The molecule has 5 aliphatic carbocycles. The Morgan fingerprint density at radius 3 is 2.23 bits per heavy atom. The van der Waals surface area contributed by atoms with E-state index in [1.54, 1.807) is 19.0 Å². The Hall–Kier alpha value is -2.42. The fourth-order valence-corrected chi connectivity index (χ4v) is 9.40. The molecule has 0 bridgehead atoms. The van der Waals surface area contributed by atoms with Gasteiger partial charge in [0.15, 0.2) is 11.6 Å². The van der Waals surface area contributed by atoms with Crippen LogP contribution in [-0.4, -0.2) is 42.1 Å². The van der Waals surface area contributed by atoms with Gasteiger partial charge in [-0.1, -0.05) is 60.1 Å². The smallest absolute Gasteiger partial charge is 0.317 e. The largest absolute Gasteiger partial charge is 0.332 e. The van der Waals surface area contributed by atoms with Crippen LogP contribution >= 0.6 is 0 Å². The number of carbonyl (C=O) groups is 3. The molecule has 5 aliphatic rings. The van der Waals surface area contributed by atoms with Crippen molar-refractivity contribution in [2.24, 2.45) is 33.0 Å². The van der Waals surface area contributed by atoms with Gasteiger partial charge in [-0.05, 0) is 73.2 Å². The summed E-state index contributed by atoms with van der Waals surface area (Å²) in [5.41, 5.74) is -1.07. The highest BCUT2D eigenvalue weighted by molar-refractivity contribution is 6.08. The molecule has 6 nitrogen and oxygen atoms in total. The van der Waals surface area contributed by atoms with Crippen molar-refractivity contribution in [2.75, 3.05) is 14.1 Å². The molecule has 0 aromatic heterocycles. The first kappa shape index (κ1) is 28.1. The highest BCUT2D eigenvalue weighted by atomic mass is 16.2. The lowest BCUT2D eigenvalue weighted by molar-refractivity contribution is -0.133. The summed E-state index contributed by atoms with van der Waals surface area (Å²) in [4.78, 5) is 46.0. The van der Waals surface area contributed by atoms with Gasteiger partial charge in [0, 0.05) is 36.4 Å². The third kappa shape index (κ3) is 3.60. The molecule has 5 atom stereocenters. The summed E-state index contributed by atoms with van der Waals surface area (Å²) in [6.45, 7) is 23.0. The van der Waals surface area contributed by atoms with Crippen LogP contribution in [0.15, 0.2) is 23.4 Å². The number of fused-ring (bicyclic) bond motifs is 7. The monoisotopic (exact) mass is 531 g/mol. The molecule has 0 spiro atoms. The molecule has 0 aliphatic heterocycles. The van der Waals surface area contributed by atoms with Gasteiger partial charge in [-0.3, -0.25) is 4.79 Å². The number of urea groups is 1. The fourth-order valence-electron chi connectivity index (χ4n) is 9.40. The second-order valence-corrected chi connectivity index (χ2v) is 15.3. The molecule has 2 radical (unpaired) electrons. The molecule has 39 heavy (non-hydrogen) atoms. The Labute approximate surface area is 234 Å². The van der Waals surface area contributed by atoms with Gasteiger partial charge in [0.25, 0.3) is 0 Å². The molecule has 0 unspecified atom stereocenters. The van der Waals surface area contributed by atoms with Crippen molar-refractivity contribution in [2.45, 2.75) is 99.0 Å². The number of Topliss-reactive ketones (excluding diaryl/α,β-unsaturated/α-hetero) is 1. The summed E-state index contributed by atoms with van der Waals surface area (Å²) in [6, 6.07) is -0.110. The van der Waals surface area contributed by atoms with Crippen LogP contribution in [0.1, 0.15) is 93.4 Å². The Morgan fingerprint density at radius 2 is 1.62 bits per heavy atom. The molecule has 1 N–H and O–H groups in total. The number of nitrogens with zero attached hydrogens (tertiary/aromatic N) is 2. The van der Waals surface area contributed by atoms with Crippen molar-refractivity contribution < 1.29 is 14.4 Å². The molecule has 0 saturated heterocycles. The van der Waals surface area contributed by atoms with E-state index < -0.39 is 21.8 Å². The van der Waals surface area contributed by atoms with Crippen LogP contribution in [-0.2, 0) is 9.59 Å². The summed E-state index contributed by atoms with van der Waals surface area (Å²) in [5.74, 6) is 2.05.